The van der Waals surface area contributed by atoms with E-state index in [0.717, 1.165) is 11.1 Å². The molecule has 0 heterocycles. The molecular formula is C16H15ClFNO4S. The molecule has 0 bridgehead atoms. The van der Waals surface area contributed by atoms with Crippen molar-refractivity contribution in [1.82, 2.24) is 4.72 Å². The molecule has 5 nitrogen and oxygen atoms in total. The number of nitrogens with one attached hydrogen (secondary N) is 1. The van der Waals surface area contributed by atoms with Crippen LogP contribution in [0.25, 0.3) is 0 Å². The first kappa shape index (κ1) is 18.4. The average Bonchev–Trinajstić information content (AvgIpc) is 2.48. The molecule has 0 aliphatic heterocycles. The normalized spacial score (nSPS) is 11.5. The molecule has 2 aromatic rings. The first-order valence-electron chi connectivity index (χ1n) is 6.98. The number of hydrogen-bond acceptors (Lipinski definition) is 3. The molecule has 0 atom stereocenters. The zero-order chi connectivity index (χ0) is 17.9. The summed E-state index contributed by atoms with van der Waals surface area (Å²) in [4.78, 5) is 10.3. The Morgan fingerprint density at radius 3 is 2.46 bits per heavy atom. The monoisotopic (exact) mass is 371 g/mol. The lowest BCUT2D eigenvalue weighted by Crippen LogP contribution is -2.27. The van der Waals surface area contributed by atoms with Gasteiger partial charge in [-0.25, -0.2) is 22.3 Å². The second-order valence-corrected chi connectivity index (χ2v) is 7.34. The predicted molar refractivity (Wildman–Crippen MR) is 88.4 cm³/mol. The summed E-state index contributed by atoms with van der Waals surface area (Å²) in [5.41, 5.74) is 1.53. The van der Waals surface area contributed by atoms with Crippen LogP contribution < -0.4 is 4.72 Å². The average molecular weight is 372 g/mol. The van der Waals surface area contributed by atoms with E-state index in [-0.39, 0.29) is 11.6 Å². The molecule has 24 heavy (non-hydrogen) atoms. The Balaban J connectivity index is 2.16. The minimum atomic E-state index is -4.19. The fourth-order valence-electron chi connectivity index (χ4n) is 2.06. The zero-order valence-electron chi connectivity index (χ0n) is 12.7. The van der Waals surface area contributed by atoms with E-state index in [4.69, 9.17) is 16.7 Å². The summed E-state index contributed by atoms with van der Waals surface area (Å²) in [5, 5.41) is 8.61. The molecule has 2 N–H and O–H groups in total. The Hall–Kier alpha value is -1.96. The van der Waals surface area contributed by atoms with Gasteiger partial charge in [0, 0.05) is 6.54 Å². The van der Waals surface area contributed by atoms with Gasteiger partial charge in [-0.3, -0.25) is 0 Å². The van der Waals surface area contributed by atoms with Crippen LogP contribution in [0.15, 0.2) is 41.3 Å². The van der Waals surface area contributed by atoms with Crippen molar-refractivity contribution in [1.29, 1.82) is 0 Å². The van der Waals surface area contributed by atoms with Gasteiger partial charge in [0.15, 0.2) is 0 Å². The van der Waals surface area contributed by atoms with Crippen molar-refractivity contribution in [3.63, 3.8) is 0 Å². The predicted octanol–water partition coefficient (Wildman–Crippen LogP) is 3.01. The van der Waals surface area contributed by atoms with Gasteiger partial charge in [0.2, 0.25) is 10.0 Å². The Bertz CT molecular complexity index is 866. The van der Waals surface area contributed by atoms with Crippen molar-refractivity contribution in [3.05, 3.63) is 63.9 Å². The van der Waals surface area contributed by atoms with Crippen LogP contribution in [0, 0.1) is 12.7 Å². The molecule has 128 valence electrons. The Morgan fingerprint density at radius 2 is 1.88 bits per heavy atom. The van der Waals surface area contributed by atoms with Gasteiger partial charge in [-0.15, -0.1) is 0 Å². The largest absolute Gasteiger partial charge is 0.478 e. The molecule has 0 saturated heterocycles. The molecule has 0 fully saturated rings. The van der Waals surface area contributed by atoms with Crippen molar-refractivity contribution >= 4 is 27.6 Å². The Morgan fingerprint density at radius 1 is 1.25 bits per heavy atom. The maximum absolute atomic E-state index is 13.9. The standard InChI is InChI=1S/C16H15ClFNO4S/c1-10-2-4-11(5-3-10)6-7-19-24(22,23)15-8-12(16(20)21)13(17)9-14(15)18/h2-5,8-9,19H,6-7H2,1H3,(H,20,21). The molecule has 0 aliphatic rings. The second kappa shape index (κ2) is 7.29. The van der Waals surface area contributed by atoms with Crippen LogP contribution in [0.1, 0.15) is 21.5 Å². The summed E-state index contributed by atoms with van der Waals surface area (Å²) in [7, 11) is -4.19. The number of carboxylic acids is 1. The van der Waals surface area contributed by atoms with Gasteiger partial charge in [0.05, 0.1) is 10.6 Å². The maximum Gasteiger partial charge on any atom is 0.337 e. The van der Waals surface area contributed by atoms with Crippen LogP contribution >= 0.6 is 11.6 Å². The van der Waals surface area contributed by atoms with E-state index in [0.29, 0.717) is 18.6 Å². The lowest BCUT2D eigenvalue weighted by Gasteiger charge is -2.10. The summed E-state index contributed by atoms with van der Waals surface area (Å²) in [6, 6.07) is 8.95. The van der Waals surface area contributed by atoms with Crippen LogP contribution in [0.5, 0.6) is 0 Å². The van der Waals surface area contributed by atoms with Crippen LogP contribution in [-0.2, 0) is 16.4 Å². The number of aryl methyl sites for hydroxylation is 1. The van der Waals surface area contributed by atoms with E-state index in [1.165, 1.54) is 0 Å². The smallest absolute Gasteiger partial charge is 0.337 e. The van der Waals surface area contributed by atoms with E-state index in [1.54, 1.807) is 0 Å². The summed E-state index contributed by atoms with van der Waals surface area (Å²) >= 11 is 5.61. The molecule has 0 saturated carbocycles. The Kier molecular flexibility index (Phi) is 5.58. The minimum Gasteiger partial charge on any atom is -0.478 e. The number of aromatic carboxylic acids is 1. The van der Waals surface area contributed by atoms with E-state index < -0.39 is 32.3 Å². The summed E-state index contributed by atoms with van der Waals surface area (Å²) < 4.78 is 40.5. The molecule has 0 spiro atoms. The molecule has 0 aliphatic carbocycles. The molecule has 8 heteroatoms. The lowest BCUT2D eigenvalue weighted by molar-refractivity contribution is 0.0696. The van der Waals surface area contributed by atoms with Gasteiger partial charge in [0.25, 0.3) is 0 Å². The highest BCUT2D eigenvalue weighted by Gasteiger charge is 2.23. The summed E-state index contributed by atoms with van der Waals surface area (Å²) in [5.74, 6) is -2.54. The van der Waals surface area contributed by atoms with Crippen molar-refractivity contribution in [2.75, 3.05) is 6.54 Å². The number of halogens is 2. The fourth-order valence-corrected chi connectivity index (χ4v) is 3.41. The van der Waals surface area contributed by atoms with Gasteiger partial charge < -0.3 is 5.11 Å². The maximum atomic E-state index is 13.9. The van der Waals surface area contributed by atoms with E-state index in [1.807, 2.05) is 31.2 Å². The summed E-state index contributed by atoms with van der Waals surface area (Å²) in [6.07, 6.45) is 0.417. The molecular weight excluding hydrogens is 357 g/mol. The molecule has 0 aromatic heterocycles. The molecule has 0 amide bonds. The highest BCUT2D eigenvalue weighted by molar-refractivity contribution is 7.89. The molecule has 2 rings (SSSR count). The van der Waals surface area contributed by atoms with Crippen molar-refractivity contribution < 1.29 is 22.7 Å². The van der Waals surface area contributed by atoms with Crippen LogP contribution in [-0.4, -0.2) is 26.0 Å². The SMILES string of the molecule is Cc1ccc(CCNS(=O)(=O)c2cc(C(=O)O)c(Cl)cc2F)cc1. The van der Waals surface area contributed by atoms with Crippen LogP contribution in [0.2, 0.25) is 5.02 Å². The van der Waals surface area contributed by atoms with Crippen molar-refractivity contribution in [2.45, 2.75) is 18.2 Å². The van der Waals surface area contributed by atoms with E-state index in [2.05, 4.69) is 4.72 Å². The molecule has 0 radical (unpaired) electrons. The van der Waals surface area contributed by atoms with Gasteiger partial charge in [-0.1, -0.05) is 41.4 Å². The summed E-state index contributed by atoms with van der Waals surface area (Å²) in [6.45, 7) is 1.99. The molecule has 0 unspecified atom stereocenters. The van der Waals surface area contributed by atoms with Crippen LogP contribution in [0.4, 0.5) is 4.39 Å². The number of sulfonamides is 1. The van der Waals surface area contributed by atoms with E-state index in [9.17, 15) is 17.6 Å². The fraction of sp³-hybridized carbons (Fsp3) is 0.188. The number of rotatable bonds is 6. The third kappa shape index (κ3) is 4.31. The van der Waals surface area contributed by atoms with Crippen molar-refractivity contribution in [3.8, 4) is 0 Å². The van der Waals surface area contributed by atoms with Crippen molar-refractivity contribution in [2.24, 2.45) is 0 Å². The number of carbonyl (C=O) groups is 1. The third-order valence-electron chi connectivity index (χ3n) is 3.37. The topological polar surface area (TPSA) is 83.5 Å². The van der Waals surface area contributed by atoms with Gasteiger partial charge in [0.1, 0.15) is 10.7 Å². The third-order valence-corrected chi connectivity index (χ3v) is 5.16. The van der Waals surface area contributed by atoms with Gasteiger partial charge in [-0.2, -0.15) is 0 Å². The van der Waals surface area contributed by atoms with Crippen LogP contribution in [0.3, 0.4) is 0 Å². The second-order valence-electron chi connectivity index (χ2n) is 5.20. The molecule has 2 aromatic carbocycles. The minimum absolute atomic E-state index is 0.0515. The number of hydrogen-bond donors (Lipinski definition) is 2. The quantitative estimate of drug-likeness (QED) is 0.817. The highest BCUT2D eigenvalue weighted by atomic mass is 35.5. The lowest BCUT2D eigenvalue weighted by atomic mass is 10.1. The van der Waals surface area contributed by atoms with E-state index >= 15 is 0 Å². The first-order valence-corrected chi connectivity index (χ1v) is 8.84. The van der Waals surface area contributed by atoms with Gasteiger partial charge in [-0.05, 0) is 31.0 Å². The number of carboxylic acid groups (broad SMARTS) is 1. The Labute approximate surface area is 144 Å². The van der Waals surface area contributed by atoms with Gasteiger partial charge >= 0.3 is 5.97 Å². The zero-order valence-corrected chi connectivity index (χ0v) is 14.3. The first-order chi connectivity index (χ1) is 11.2. The number of benzene rings is 2. The highest BCUT2D eigenvalue weighted by Crippen LogP contribution is 2.24.